The quantitative estimate of drug-likeness (QED) is 0.372. The Bertz CT molecular complexity index is 408. The van der Waals surface area contributed by atoms with E-state index in [0.29, 0.717) is 5.84 Å². The molecule has 18 heavy (non-hydrogen) atoms. The number of nitrogens with two attached hydrogens (primary N) is 1. The van der Waals surface area contributed by atoms with Crippen molar-refractivity contribution in [3.05, 3.63) is 35.9 Å². The van der Waals surface area contributed by atoms with E-state index in [1.807, 2.05) is 6.07 Å². The van der Waals surface area contributed by atoms with Crippen LogP contribution in [-0.2, 0) is 6.54 Å². The van der Waals surface area contributed by atoms with Gasteiger partial charge in [0.25, 0.3) is 0 Å². The van der Waals surface area contributed by atoms with E-state index in [2.05, 4.69) is 41.2 Å². The zero-order chi connectivity index (χ0) is 13.0. The molecule has 1 aliphatic rings. The number of amidine groups is 1. The Balaban J connectivity index is 1.91. The number of rotatable bonds is 3. The Labute approximate surface area is 108 Å². The van der Waals surface area contributed by atoms with Crippen molar-refractivity contribution in [3.63, 3.8) is 0 Å². The molecule has 4 nitrogen and oxygen atoms in total. The second-order valence-corrected chi connectivity index (χ2v) is 5.31. The average Bonchev–Trinajstić information content (AvgIpc) is 2.42. The molecule has 1 fully saturated rings. The smallest absolute Gasteiger partial charge is 0.145 e. The Morgan fingerprint density at radius 2 is 1.94 bits per heavy atom. The van der Waals surface area contributed by atoms with E-state index < -0.39 is 0 Å². The lowest BCUT2D eigenvalue weighted by Gasteiger charge is -2.38. The molecule has 0 aromatic heterocycles. The molecule has 98 valence electrons. The topological polar surface area (TPSA) is 61.9 Å². The summed E-state index contributed by atoms with van der Waals surface area (Å²) in [6.45, 7) is 5.03. The highest BCUT2D eigenvalue weighted by Gasteiger charge is 2.33. The summed E-state index contributed by atoms with van der Waals surface area (Å²) in [6, 6.07) is 10.5. The van der Waals surface area contributed by atoms with Crippen molar-refractivity contribution < 1.29 is 5.21 Å². The van der Waals surface area contributed by atoms with E-state index in [4.69, 9.17) is 10.9 Å². The summed E-state index contributed by atoms with van der Waals surface area (Å²) in [7, 11) is 0. The van der Waals surface area contributed by atoms with E-state index in [-0.39, 0.29) is 5.41 Å². The predicted molar refractivity (Wildman–Crippen MR) is 72.5 cm³/mol. The third-order valence-electron chi connectivity index (χ3n) is 3.93. The minimum atomic E-state index is -0.151. The van der Waals surface area contributed by atoms with Gasteiger partial charge in [0, 0.05) is 12.0 Å². The van der Waals surface area contributed by atoms with Crippen LogP contribution in [0.15, 0.2) is 35.5 Å². The van der Waals surface area contributed by atoms with Gasteiger partial charge < -0.3 is 10.9 Å². The van der Waals surface area contributed by atoms with Crippen LogP contribution in [0.4, 0.5) is 0 Å². The van der Waals surface area contributed by atoms with Gasteiger partial charge in [-0.15, -0.1) is 0 Å². The predicted octanol–water partition coefficient (Wildman–Crippen LogP) is 2.04. The van der Waals surface area contributed by atoms with Crippen LogP contribution in [0.5, 0.6) is 0 Å². The molecular formula is C14H21N3O. The first kappa shape index (κ1) is 12.9. The van der Waals surface area contributed by atoms with Crippen LogP contribution in [0.25, 0.3) is 0 Å². The minimum Gasteiger partial charge on any atom is -0.409 e. The van der Waals surface area contributed by atoms with Crippen molar-refractivity contribution in [1.29, 1.82) is 0 Å². The highest BCUT2D eigenvalue weighted by molar-refractivity contribution is 5.85. The summed E-state index contributed by atoms with van der Waals surface area (Å²) >= 11 is 0. The standard InChI is InChI=1S/C14H21N3O/c1-14(13(15)16-18)7-9-17(10-8-14)11-12-5-3-2-4-6-12/h2-6,18H,7-11H2,1H3,(H2,15,16). The lowest BCUT2D eigenvalue weighted by molar-refractivity contribution is 0.153. The molecule has 0 radical (unpaired) electrons. The molecule has 3 N–H and O–H groups in total. The fourth-order valence-corrected chi connectivity index (χ4v) is 2.42. The number of hydrogen-bond acceptors (Lipinski definition) is 3. The molecule has 1 heterocycles. The average molecular weight is 247 g/mol. The maximum Gasteiger partial charge on any atom is 0.145 e. The first-order chi connectivity index (χ1) is 8.64. The van der Waals surface area contributed by atoms with Gasteiger partial charge in [-0.25, -0.2) is 0 Å². The van der Waals surface area contributed by atoms with Crippen molar-refractivity contribution >= 4 is 5.84 Å². The van der Waals surface area contributed by atoms with E-state index in [0.717, 1.165) is 32.5 Å². The lowest BCUT2D eigenvalue weighted by atomic mass is 9.79. The van der Waals surface area contributed by atoms with Gasteiger partial charge in [0.2, 0.25) is 0 Å². The van der Waals surface area contributed by atoms with Gasteiger partial charge in [-0.3, -0.25) is 4.90 Å². The van der Waals surface area contributed by atoms with Gasteiger partial charge in [-0.05, 0) is 31.5 Å². The number of benzene rings is 1. The zero-order valence-corrected chi connectivity index (χ0v) is 10.8. The largest absolute Gasteiger partial charge is 0.409 e. The molecule has 1 aromatic rings. The van der Waals surface area contributed by atoms with Gasteiger partial charge in [-0.1, -0.05) is 42.4 Å². The first-order valence-corrected chi connectivity index (χ1v) is 6.38. The molecule has 0 unspecified atom stereocenters. The van der Waals surface area contributed by atoms with E-state index in [1.54, 1.807) is 0 Å². The Hall–Kier alpha value is -1.55. The Kier molecular flexibility index (Phi) is 3.87. The van der Waals surface area contributed by atoms with Crippen molar-refractivity contribution in [3.8, 4) is 0 Å². The summed E-state index contributed by atoms with van der Waals surface area (Å²) in [5, 5.41) is 12.0. The van der Waals surface area contributed by atoms with Crippen molar-refractivity contribution in [2.24, 2.45) is 16.3 Å². The maximum absolute atomic E-state index is 8.80. The fraction of sp³-hybridized carbons (Fsp3) is 0.500. The molecule has 0 atom stereocenters. The molecule has 4 heteroatoms. The molecule has 1 aliphatic heterocycles. The lowest BCUT2D eigenvalue weighted by Crippen LogP contribution is -2.45. The molecular weight excluding hydrogens is 226 g/mol. The molecule has 2 rings (SSSR count). The number of oxime groups is 1. The van der Waals surface area contributed by atoms with Gasteiger partial charge in [0.05, 0.1) is 0 Å². The van der Waals surface area contributed by atoms with Crippen LogP contribution in [0, 0.1) is 5.41 Å². The molecule has 0 bridgehead atoms. The molecule has 0 amide bonds. The summed E-state index contributed by atoms with van der Waals surface area (Å²) in [5.41, 5.74) is 6.95. The van der Waals surface area contributed by atoms with Crippen LogP contribution in [0.3, 0.4) is 0 Å². The van der Waals surface area contributed by atoms with Crippen LogP contribution in [-0.4, -0.2) is 29.0 Å². The third-order valence-corrected chi connectivity index (χ3v) is 3.93. The van der Waals surface area contributed by atoms with Crippen molar-refractivity contribution in [2.75, 3.05) is 13.1 Å². The molecule has 1 aromatic carbocycles. The third kappa shape index (κ3) is 2.82. The highest BCUT2D eigenvalue weighted by atomic mass is 16.4. The monoisotopic (exact) mass is 247 g/mol. The van der Waals surface area contributed by atoms with E-state index in [9.17, 15) is 0 Å². The summed E-state index contributed by atoms with van der Waals surface area (Å²) in [5.74, 6) is 0.363. The number of piperidine rings is 1. The summed E-state index contributed by atoms with van der Waals surface area (Å²) in [6.07, 6.45) is 1.88. The van der Waals surface area contributed by atoms with Crippen molar-refractivity contribution in [2.45, 2.75) is 26.3 Å². The van der Waals surface area contributed by atoms with E-state index >= 15 is 0 Å². The Morgan fingerprint density at radius 3 is 2.50 bits per heavy atom. The minimum absolute atomic E-state index is 0.151. The fourth-order valence-electron chi connectivity index (χ4n) is 2.42. The van der Waals surface area contributed by atoms with Crippen LogP contribution in [0.1, 0.15) is 25.3 Å². The number of likely N-dealkylation sites (tertiary alicyclic amines) is 1. The second kappa shape index (κ2) is 5.40. The number of hydrogen-bond donors (Lipinski definition) is 2. The molecule has 0 saturated carbocycles. The molecule has 1 saturated heterocycles. The summed E-state index contributed by atoms with van der Waals surface area (Å²) < 4.78 is 0. The Morgan fingerprint density at radius 1 is 1.33 bits per heavy atom. The molecule has 0 spiro atoms. The maximum atomic E-state index is 8.80. The van der Waals surface area contributed by atoms with E-state index in [1.165, 1.54) is 5.56 Å². The SMILES string of the molecule is CC1(/C(N)=N/O)CCN(Cc2ccccc2)CC1. The van der Waals surface area contributed by atoms with Crippen LogP contribution < -0.4 is 5.73 Å². The van der Waals surface area contributed by atoms with Crippen molar-refractivity contribution in [1.82, 2.24) is 4.90 Å². The highest BCUT2D eigenvalue weighted by Crippen LogP contribution is 2.31. The van der Waals surface area contributed by atoms with Gasteiger partial charge in [0.1, 0.15) is 5.84 Å². The second-order valence-electron chi connectivity index (χ2n) is 5.31. The molecule has 0 aliphatic carbocycles. The van der Waals surface area contributed by atoms with Gasteiger partial charge in [0.15, 0.2) is 0 Å². The van der Waals surface area contributed by atoms with Gasteiger partial charge in [-0.2, -0.15) is 0 Å². The van der Waals surface area contributed by atoms with Gasteiger partial charge >= 0.3 is 0 Å². The first-order valence-electron chi connectivity index (χ1n) is 6.38. The van der Waals surface area contributed by atoms with Crippen LogP contribution >= 0.6 is 0 Å². The zero-order valence-electron chi connectivity index (χ0n) is 10.8. The normalized spacial score (nSPS) is 20.8. The van der Waals surface area contributed by atoms with Crippen LogP contribution in [0.2, 0.25) is 0 Å². The summed E-state index contributed by atoms with van der Waals surface area (Å²) in [4.78, 5) is 2.42. The number of nitrogens with zero attached hydrogens (tertiary/aromatic N) is 2.